The number of fused-ring (bicyclic) bond motifs is 1. The van der Waals surface area contributed by atoms with Gasteiger partial charge < -0.3 is 19.5 Å². The molecule has 0 unspecified atom stereocenters. The zero-order valence-corrected chi connectivity index (χ0v) is 16.8. The highest BCUT2D eigenvalue weighted by Gasteiger charge is 2.12. The van der Waals surface area contributed by atoms with Crippen molar-refractivity contribution in [3.63, 3.8) is 0 Å². The molecule has 0 aliphatic heterocycles. The number of amides is 1. The Hall–Kier alpha value is -3.25. The molecule has 29 heavy (non-hydrogen) atoms. The fourth-order valence-electron chi connectivity index (χ4n) is 2.79. The van der Waals surface area contributed by atoms with Crippen LogP contribution >= 0.6 is 11.6 Å². The second-order valence-electron chi connectivity index (χ2n) is 6.29. The van der Waals surface area contributed by atoms with E-state index in [-0.39, 0.29) is 6.61 Å². The maximum absolute atomic E-state index is 12.1. The van der Waals surface area contributed by atoms with Crippen LogP contribution in [0, 0.1) is 6.92 Å². The zero-order valence-electron chi connectivity index (χ0n) is 16.0. The highest BCUT2D eigenvalue weighted by Crippen LogP contribution is 2.31. The average molecular weight is 414 g/mol. The molecule has 0 aliphatic carbocycles. The molecular weight excluding hydrogens is 394 g/mol. The molecule has 3 aromatic carbocycles. The van der Waals surface area contributed by atoms with E-state index >= 15 is 0 Å². The first kappa shape index (κ1) is 20.5. The standard InChI is InChI=1S/C22H20ClNO5/c1-14-7-9-20(27-2)18(11-14)24-21(25)12-29-22(26)13-28-19-10-8-17(23)15-5-3-4-6-16(15)19/h3-11H,12-13H2,1-2H3,(H,24,25). The molecule has 6 nitrogen and oxygen atoms in total. The summed E-state index contributed by atoms with van der Waals surface area (Å²) < 4.78 is 15.8. The molecule has 0 radical (unpaired) electrons. The molecular formula is C22H20ClNO5. The van der Waals surface area contributed by atoms with Gasteiger partial charge in [0.15, 0.2) is 13.2 Å². The number of ether oxygens (including phenoxy) is 3. The topological polar surface area (TPSA) is 73.9 Å². The van der Waals surface area contributed by atoms with Gasteiger partial charge in [-0.1, -0.05) is 41.9 Å². The summed E-state index contributed by atoms with van der Waals surface area (Å²) >= 11 is 6.17. The summed E-state index contributed by atoms with van der Waals surface area (Å²) in [7, 11) is 1.51. The number of carbonyl (C=O) groups is 2. The Bertz CT molecular complexity index is 1050. The van der Waals surface area contributed by atoms with Crippen molar-refractivity contribution in [1.29, 1.82) is 0 Å². The van der Waals surface area contributed by atoms with Crippen LogP contribution < -0.4 is 14.8 Å². The minimum absolute atomic E-state index is 0.327. The average Bonchev–Trinajstić information content (AvgIpc) is 2.72. The van der Waals surface area contributed by atoms with Crippen molar-refractivity contribution in [3.05, 3.63) is 65.2 Å². The van der Waals surface area contributed by atoms with Crippen molar-refractivity contribution in [2.75, 3.05) is 25.6 Å². The van der Waals surface area contributed by atoms with Crippen molar-refractivity contribution < 1.29 is 23.8 Å². The Morgan fingerprint density at radius 2 is 1.69 bits per heavy atom. The maximum atomic E-state index is 12.1. The van der Waals surface area contributed by atoms with E-state index in [4.69, 9.17) is 25.8 Å². The fraction of sp³-hybridized carbons (Fsp3) is 0.182. The number of benzene rings is 3. The molecule has 0 spiro atoms. The van der Waals surface area contributed by atoms with Crippen molar-refractivity contribution in [3.8, 4) is 11.5 Å². The summed E-state index contributed by atoms with van der Waals surface area (Å²) in [5.74, 6) is -0.0984. The van der Waals surface area contributed by atoms with E-state index in [1.807, 2.05) is 37.3 Å². The van der Waals surface area contributed by atoms with E-state index in [1.165, 1.54) is 7.11 Å². The van der Waals surface area contributed by atoms with Gasteiger partial charge in [0.05, 0.1) is 12.8 Å². The molecule has 0 heterocycles. The monoisotopic (exact) mass is 413 g/mol. The third kappa shape index (κ3) is 5.18. The molecule has 1 amide bonds. The normalized spacial score (nSPS) is 10.4. The predicted octanol–water partition coefficient (Wildman–Crippen LogP) is 4.37. The first-order valence-electron chi connectivity index (χ1n) is 8.88. The van der Waals surface area contributed by atoms with Crippen LogP contribution in [0.4, 0.5) is 5.69 Å². The van der Waals surface area contributed by atoms with Crippen LogP contribution in [0.25, 0.3) is 10.8 Å². The van der Waals surface area contributed by atoms with E-state index in [9.17, 15) is 9.59 Å². The van der Waals surface area contributed by atoms with Crippen molar-refractivity contribution in [2.45, 2.75) is 6.92 Å². The van der Waals surface area contributed by atoms with E-state index in [0.717, 1.165) is 16.3 Å². The van der Waals surface area contributed by atoms with Gasteiger partial charge in [-0.05, 0) is 36.8 Å². The number of esters is 1. The number of hydrogen-bond donors (Lipinski definition) is 1. The lowest BCUT2D eigenvalue weighted by Crippen LogP contribution is -2.24. The van der Waals surface area contributed by atoms with Gasteiger partial charge in [-0.2, -0.15) is 0 Å². The molecule has 0 saturated heterocycles. The van der Waals surface area contributed by atoms with Gasteiger partial charge in [0.2, 0.25) is 0 Å². The molecule has 1 N–H and O–H groups in total. The Kier molecular flexibility index (Phi) is 6.57. The minimum atomic E-state index is -0.657. The molecule has 0 aromatic heterocycles. The van der Waals surface area contributed by atoms with Crippen LogP contribution in [0.1, 0.15) is 5.56 Å². The highest BCUT2D eigenvalue weighted by molar-refractivity contribution is 6.35. The second-order valence-corrected chi connectivity index (χ2v) is 6.70. The number of rotatable bonds is 7. The smallest absolute Gasteiger partial charge is 0.344 e. The molecule has 150 valence electrons. The zero-order chi connectivity index (χ0) is 20.8. The SMILES string of the molecule is COc1ccc(C)cc1NC(=O)COC(=O)COc1ccc(Cl)c2ccccc12. The first-order valence-corrected chi connectivity index (χ1v) is 9.26. The van der Waals surface area contributed by atoms with E-state index < -0.39 is 18.5 Å². The largest absolute Gasteiger partial charge is 0.495 e. The quantitative estimate of drug-likeness (QED) is 0.582. The number of hydrogen-bond acceptors (Lipinski definition) is 5. The predicted molar refractivity (Wildman–Crippen MR) is 112 cm³/mol. The Morgan fingerprint density at radius 3 is 2.45 bits per heavy atom. The summed E-state index contributed by atoms with van der Waals surface area (Å²) in [5.41, 5.74) is 1.47. The first-order chi connectivity index (χ1) is 14.0. The summed E-state index contributed by atoms with van der Waals surface area (Å²) in [6, 6.07) is 16.2. The van der Waals surface area contributed by atoms with Crippen LogP contribution in [0.15, 0.2) is 54.6 Å². The highest BCUT2D eigenvalue weighted by atomic mass is 35.5. The van der Waals surface area contributed by atoms with E-state index in [1.54, 1.807) is 24.3 Å². The molecule has 0 aliphatic rings. The number of anilines is 1. The summed E-state index contributed by atoms with van der Waals surface area (Å²) in [6.45, 7) is 1.14. The van der Waals surface area contributed by atoms with Crippen molar-refractivity contribution >= 4 is 39.9 Å². The van der Waals surface area contributed by atoms with E-state index in [2.05, 4.69) is 5.32 Å². The summed E-state index contributed by atoms with van der Waals surface area (Å²) in [4.78, 5) is 24.1. The van der Waals surface area contributed by atoms with Gasteiger partial charge in [0.25, 0.3) is 5.91 Å². The van der Waals surface area contributed by atoms with Crippen LogP contribution in [0.2, 0.25) is 5.02 Å². The molecule has 0 fully saturated rings. The van der Waals surface area contributed by atoms with Crippen LogP contribution in [-0.2, 0) is 14.3 Å². The van der Waals surface area contributed by atoms with Crippen molar-refractivity contribution in [2.24, 2.45) is 0 Å². The molecule has 0 atom stereocenters. The maximum Gasteiger partial charge on any atom is 0.344 e. The third-order valence-corrected chi connectivity index (χ3v) is 4.50. The number of halogens is 1. The van der Waals surface area contributed by atoms with Crippen LogP contribution in [0.5, 0.6) is 11.5 Å². The Balaban J connectivity index is 1.54. The van der Waals surface area contributed by atoms with Gasteiger partial charge in [0.1, 0.15) is 11.5 Å². The molecule has 3 aromatic rings. The van der Waals surface area contributed by atoms with E-state index in [0.29, 0.717) is 22.2 Å². The number of methoxy groups -OCH3 is 1. The second kappa shape index (κ2) is 9.30. The lowest BCUT2D eigenvalue weighted by atomic mass is 10.1. The minimum Gasteiger partial charge on any atom is -0.495 e. The molecule has 0 bridgehead atoms. The lowest BCUT2D eigenvalue weighted by molar-refractivity contribution is -0.149. The summed E-state index contributed by atoms with van der Waals surface area (Å²) in [5, 5.41) is 4.88. The lowest BCUT2D eigenvalue weighted by Gasteiger charge is -2.12. The number of aryl methyl sites for hydroxylation is 1. The Morgan fingerprint density at radius 1 is 0.966 bits per heavy atom. The van der Waals surface area contributed by atoms with Crippen LogP contribution in [0.3, 0.4) is 0 Å². The summed E-state index contributed by atoms with van der Waals surface area (Å²) in [6.07, 6.45) is 0. The van der Waals surface area contributed by atoms with Gasteiger partial charge >= 0.3 is 5.97 Å². The number of nitrogens with one attached hydrogen (secondary N) is 1. The van der Waals surface area contributed by atoms with Gasteiger partial charge in [0, 0.05) is 15.8 Å². The molecule has 0 saturated carbocycles. The van der Waals surface area contributed by atoms with Gasteiger partial charge in [-0.25, -0.2) is 4.79 Å². The van der Waals surface area contributed by atoms with Crippen LogP contribution in [-0.4, -0.2) is 32.2 Å². The Labute approximate surface area is 173 Å². The molecule has 3 rings (SSSR count). The fourth-order valence-corrected chi connectivity index (χ4v) is 3.02. The van der Waals surface area contributed by atoms with Gasteiger partial charge in [-0.3, -0.25) is 4.79 Å². The molecule has 7 heteroatoms. The third-order valence-electron chi connectivity index (χ3n) is 4.17. The number of carbonyl (C=O) groups excluding carboxylic acids is 2. The van der Waals surface area contributed by atoms with Crippen molar-refractivity contribution in [1.82, 2.24) is 0 Å². The van der Waals surface area contributed by atoms with Gasteiger partial charge in [-0.15, -0.1) is 0 Å².